The van der Waals surface area contributed by atoms with E-state index in [0.717, 1.165) is 22.6 Å². The predicted octanol–water partition coefficient (Wildman–Crippen LogP) is 4.42. The molecule has 1 aliphatic carbocycles. The van der Waals surface area contributed by atoms with E-state index in [-0.39, 0.29) is 25.1 Å². The van der Waals surface area contributed by atoms with E-state index in [9.17, 15) is 4.79 Å². The number of amides is 1. The first kappa shape index (κ1) is 19.4. The number of nitrogens with zero attached hydrogens (tertiary/aromatic N) is 4. The SMILES string of the molecule is CC(C1CC1)n1nccc1NC(=O)Cn1c(COc2ccccc2)nc2ccccc21. The van der Waals surface area contributed by atoms with Crippen molar-refractivity contribution in [1.29, 1.82) is 0 Å². The number of anilines is 1. The molecule has 1 fully saturated rings. The van der Waals surface area contributed by atoms with Crippen molar-refractivity contribution >= 4 is 22.8 Å². The minimum absolute atomic E-state index is 0.117. The normalized spacial score (nSPS) is 14.5. The minimum atomic E-state index is -0.117. The second-order valence-electron chi connectivity index (χ2n) is 7.99. The largest absolute Gasteiger partial charge is 0.486 e. The lowest BCUT2D eigenvalue weighted by molar-refractivity contribution is -0.116. The van der Waals surface area contributed by atoms with E-state index < -0.39 is 0 Å². The molecule has 31 heavy (non-hydrogen) atoms. The van der Waals surface area contributed by atoms with Crippen LogP contribution in [0.4, 0.5) is 5.82 Å². The van der Waals surface area contributed by atoms with Gasteiger partial charge in [-0.3, -0.25) is 4.79 Å². The van der Waals surface area contributed by atoms with Crippen molar-refractivity contribution in [2.75, 3.05) is 5.32 Å². The number of rotatable bonds is 8. The van der Waals surface area contributed by atoms with Crippen molar-refractivity contribution in [1.82, 2.24) is 19.3 Å². The van der Waals surface area contributed by atoms with Gasteiger partial charge in [-0.05, 0) is 49.9 Å². The number of hydrogen-bond acceptors (Lipinski definition) is 4. The van der Waals surface area contributed by atoms with Crippen molar-refractivity contribution in [2.24, 2.45) is 5.92 Å². The third kappa shape index (κ3) is 4.17. The Morgan fingerprint density at radius 3 is 2.71 bits per heavy atom. The Balaban J connectivity index is 1.35. The topological polar surface area (TPSA) is 74.0 Å². The maximum atomic E-state index is 13.0. The highest BCUT2D eigenvalue weighted by molar-refractivity contribution is 5.91. The molecule has 1 amide bonds. The van der Waals surface area contributed by atoms with Crippen LogP contribution in [0, 0.1) is 5.92 Å². The predicted molar refractivity (Wildman–Crippen MR) is 119 cm³/mol. The third-order valence-electron chi connectivity index (χ3n) is 5.77. The summed E-state index contributed by atoms with van der Waals surface area (Å²) in [6.07, 6.45) is 4.18. The monoisotopic (exact) mass is 415 g/mol. The Bertz CT molecular complexity index is 1190. The molecule has 2 aromatic heterocycles. The first-order valence-corrected chi connectivity index (χ1v) is 10.6. The third-order valence-corrected chi connectivity index (χ3v) is 5.77. The van der Waals surface area contributed by atoms with E-state index in [1.807, 2.05) is 69.9 Å². The second-order valence-corrected chi connectivity index (χ2v) is 7.99. The summed E-state index contributed by atoms with van der Waals surface area (Å²) in [4.78, 5) is 17.7. The van der Waals surface area contributed by atoms with Crippen LogP contribution < -0.4 is 10.1 Å². The summed E-state index contributed by atoms with van der Waals surface area (Å²) in [6, 6.07) is 19.6. The van der Waals surface area contributed by atoms with Crippen LogP contribution in [-0.2, 0) is 17.9 Å². The highest BCUT2D eigenvalue weighted by Gasteiger charge is 2.30. The lowest BCUT2D eigenvalue weighted by Crippen LogP contribution is -2.23. The van der Waals surface area contributed by atoms with Crippen LogP contribution in [0.25, 0.3) is 11.0 Å². The fourth-order valence-corrected chi connectivity index (χ4v) is 3.92. The molecule has 158 valence electrons. The maximum absolute atomic E-state index is 13.0. The molecule has 4 aromatic rings. The Kier molecular flexibility index (Phi) is 5.16. The summed E-state index contributed by atoms with van der Waals surface area (Å²) >= 11 is 0. The summed E-state index contributed by atoms with van der Waals surface area (Å²) in [5.74, 6) is 2.74. The van der Waals surface area contributed by atoms with Gasteiger partial charge in [0.2, 0.25) is 5.91 Å². The highest BCUT2D eigenvalue weighted by Crippen LogP contribution is 2.40. The molecular formula is C24H25N5O2. The fraction of sp³-hybridized carbons (Fsp3) is 0.292. The molecule has 7 nitrogen and oxygen atoms in total. The Morgan fingerprint density at radius 2 is 1.90 bits per heavy atom. The molecule has 1 unspecified atom stereocenters. The maximum Gasteiger partial charge on any atom is 0.245 e. The van der Waals surface area contributed by atoms with Gasteiger partial charge in [0.25, 0.3) is 0 Å². The number of nitrogens with one attached hydrogen (secondary N) is 1. The number of fused-ring (bicyclic) bond motifs is 1. The number of hydrogen-bond donors (Lipinski definition) is 1. The Hall–Kier alpha value is -3.61. The van der Waals surface area contributed by atoms with Crippen LogP contribution >= 0.6 is 0 Å². The van der Waals surface area contributed by atoms with E-state index >= 15 is 0 Å². The van der Waals surface area contributed by atoms with Crippen molar-refractivity contribution in [3.8, 4) is 5.75 Å². The molecule has 0 aliphatic heterocycles. The van der Waals surface area contributed by atoms with Gasteiger partial charge >= 0.3 is 0 Å². The molecule has 2 aromatic carbocycles. The van der Waals surface area contributed by atoms with Crippen molar-refractivity contribution in [3.63, 3.8) is 0 Å². The molecule has 2 heterocycles. The molecule has 1 N–H and O–H groups in total. The van der Waals surface area contributed by atoms with E-state index in [4.69, 9.17) is 9.72 Å². The number of ether oxygens (including phenoxy) is 1. The average Bonchev–Trinajstić information content (AvgIpc) is 3.45. The lowest BCUT2D eigenvalue weighted by Gasteiger charge is -2.16. The van der Waals surface area contributed by atoms with Gasteiger partial charge in [0.05, 0.1) is 23.3 Å². The number of benzene rings is 2. The van der Waals surface area contributed by atoms with Crippen LogP contribution in [0.15, 0.2) is 66.9 Å². The molecular weight excluding hydrogens is 390 g/mol. The van der Waals surface area contributed by atoms with Gasteiger partial charge in [-0.15, -0.1) is 0 Å². The highest BCUT2D eigenvalue weighted by atomic mass is 16.5. The zero-order valence-corrected chi connectivity index (χ0v) is 17.4. The summed E-state index contributed by atoms with van der Waals surface area (Å²) in [6.45, 7) is 2.59. The van der Waals surface area contributed by atoms with Gasteiger partial charge in [0, 0.05) is 6.07 Å². The van der Waals surface area contributed by atoms with Crippen LogP contribution in [0.2, 0.25) is 0 Å². The standard InChI is InChI=1S/C24H25N5O2/c1-17(18-11-12-18)29-22(13-14-25-29)27-24(30)15-28-21-10-6-5-9-20(21)26-23(28)16-31-19-7-3-2-4-8-19/h2-10,13-14,17-18H,11-12,15-16H2,1H3,(H,27,30). The molecule has 0 saturated heterocycles. The first-order valence-electron chi connectivity index (χ1n) is 10.6. The van der Waals surface area contributed by atoms with Crippen LogP contribution in [0.1, 0.15) is 31.6 Å². The van der Waals surface area contributed by atoms with Gasteiger partial charge in [-0.2, -0.15) is 5.10 Å². The average molecular weight is 415 g/mol. The quantitative estimate of drug-likeness (QED) is 0.462. The molecule has 7 heteroatoms. The number of carbonyl (C=O) groups excluding carboxylic acids is 1. The Labute approximate surface area is 180 Å². The molecule has 1 aliphatic rings. The number of imidazole rings is 1. The zero-order chi connectivity index (χ0) is 21.2. The van der Waals surface area contributed by atoms with Crippen molar-refractivity contribution < 1.29 is 9.53 Å². The molecule has 1 saturated carbocycles. The molecule has 0 radical (unpaired) electrons. The van der Waals surface area contributed by atoms with Gasteiger partial charge < -0.3 is 14.6 Å². The lowest BCUT2D eigenvalue weighted by atomic mass is 10.2. The number of para-hydroxylation sites is 3. The van der Waals surface area contributed by atoms with Gasteiger partial charge in [-0.1, -0.05) is 30.3 Å². The molecule has 1 atom stereocenters. The first-order chi connectivity index (χ1) is 15.2. The van der Waals surface area contributed by atoms with E-state index in [2.05, 4.69) is 17.3 Å². The van der Waals surface area contributed by atoms with Crippen LogP contribution in [0.3, 0.4) is 0 Å². The number of carbonyl (C=O) groups is 1. The Morgan fingerprint density at radius 1 is 1.13 bits per heavy atom. The molecule has 0 bridgehead atoms. The second kappa shape index (κ2) is 8.26. The van der Waals surface area contributed by atoms with E-state index in [0.29, 0.717) is 11.7 Å². The van der Waals surface area contributed by atoms with Gasteiger partial charge in [-0.25, -0.2) is 9.67 Å². The zero-order valence-electron chi connectivity index (χ0n) is 17.4. The summed E-state index contributed by atoms with van der Waals surface area (Å²) < 4.78 is 9.74. The van der Waals surface area contributed by atoms with Gasteiger partial charge in [0.15, 0.2) is 0 Å². The minimum Gasteiger partial charge on any atom is -0.486 e. The fourth-order valence-electron chi connectivity index (χ4n) is 3.92. The van der Waals surface area contributed by atoms with Crippen molar-refractivity contribution in [3.05, 3.63) is 72.7 Å². The van der Waals surface area contributed by atoms with Crippen molar-refractivity contribution in [2.45, 2.75) is 39.0 Å². The summed E-state index contributed by atoms with van der Waals surface area (Å²) in [5.41, 5.74) is 1.75. The number of aromatic nitrogens is 4. The van der Waals surface area contributed by atoms with Crippen LogP contribution in [0.5, 0.6) is 5.75 Å². The molecule has 0 spiro atoms. The smallest absolute Gasteiger partial charge is 0.245 e. The van der Waals surface area contributed by atoms with E-state index in [1.54, 1.807) is 6.20 Å². The van der Waals surface area contributed by atoms with Crippen LogP contribution in [-0.4, -0.2) is 25.2 Å². The van der Waals surface area contributed by atoms with E-state index in [1.165, 1.54) is 12.8 Å². The molecule has 5 rings (SSSR count). The summed E-state index contributed by atoms with van der Waals surface area (Å²) in [7, 11) is 0. The van der Waals surface area contributed by atoms with Gasteiger partial charge in [0.1, 0.15) is 30.5 Å². The summed E-state index contributed by atoms with van der Waals surface area (Å²) in [5, 5.41) is 7.45.